The number of ether oxygens (including phenoxy) is 2. The smallest absolute Gasteiger partial charge is 0.161 e. The first-order chi connectivity index (χ1) is 13.6. The van der Waals surface area contributed by atoms with Crippen LogP contribution in [0.3, 0.4) is 0 Å². The molecule has 28 heavy (non-hydrogen) atoms. The van der Waals surface area contributed by atoms with Gasteiger partial charge in [0.1, 0.15) is 11.8 Å². The minimum absolute atomic E-state index is 0.455. The summed E-state index contributed by atoms with van der Waals surface area (Å²) in [5.74, 6) is -0.490. The normalized spacial score (nSPS) is 11.0. The van der Waals surface area contributed by atoms with Gasteiger partial charge in [0.25, 0.3) is 0 Å². The fourth-order valence-electron chi connectivity index (χ4n) is 2.71. The van der Waals surface area contributed by atoms with Gasteiger partial charge >= 0.3 is 0 Å². The third kappa shape index (κ3) is 3.71. The molecule has 0 saturated heterocycles. The molecule has 0 unspecified atom stereocenters. The first-order valence-electron chi connectivity index (χ1n) is 8.28. The van der Waals surface area contributed by atoms with Crippen molar-refractivity contribution in [2.45, 2.75) is 0 Å². The third-order valence-corrected chi connectivity index (χ3v) is 4.06. The Morgan fingerprint density at radius 1 is 1.14 bits per heavy atom. The Morgan fingerprint density at radius 2 is 1.86 bits per heavy atom. The number of nitriles is 1. The van der Waals surface area contributed by atoms with Gasteiger partial charge in [-0.2, -0.15) is 10.4 Å². The number of carboxylic acids is 1. The van der Waals surface area contributed by atoms with Crippen LogP contribution in [-0.2, 0) is 4.79 Å². The molecular formula is C21H16N3O4-. The van der Waals surface area contributed by atoms with Crippen molar-refractivity contribution in [1.82, 2.24) is 9.78 Å². The summed E-state index contributed by atoms with van der Waals surface area (Å²) in [6.45, 7) is 0. The van der Waals surface area contributed by atoms with E-state index >= 15 is 0 Å². The molecule has 0 aliphatic carbocycles. The number of aromatic nitrogens is 2. The second-order valence-corrected chi connectivity index (χ2v) is 5.74. The molecule has 0 saturated carbocycles. The maximum absolute atomic E-state index is 11.2. The fourth-order valence-corrected chi connectivity index (χ4v) is 2.71. The molecule has 0 atom stereocenters. The highest BCUT2D eigenvalue weighted by atomic mass is 16.5. The summed E-state index contributed by atoms with van der Waals surface area (Å²) >= 11 is 0. The van der Waals surface area contributed by atoms with Gasteiger partial charge in [0, 0.05) is 17.3 Å². The standard InChI is InChI=1S/C21H17N3O4/c1-27-18-9-8-14(11-19(18)28-2)20-16(10-15(12-22)21(25)26)13-24(23-20)17-6-4-3-5-7-17/h3-11,13H,1-2H3,(H,25,26)/p-1/b15-10+. The molecule has 7 heteroatoms. The van der Waals surface area contributed by atoms with Gasteiger partial charge in [-0.05, 0) is 36.4 Å². The van der Waals surface area contributed by atoms with Crippen molar-refractivity contribution in [2.75, 3.05) is 14.2 Å². The summed E-state index contributed by atoms with van der Waals surface area (Å²) in [5.41, 5.74) is 1.91. The predicted molar refractivity (Wildman–Crippen MR) is 101 cm³/mol. The molecule has 0 radical (unpaired) electrons. The Kier molecular flexibility index (Phi) is 5.42. The zero-order valence-corrected chi connectivity index (χ0v) is 15.2. The Bertz CT molecular complexity index is 1080. The zero-order valence-electron chi connectivity index (χ0n) is 15.2. The zero-order chi connectivity index (χ0) is 20.1. The van der Waals surface area contributed by atoms with Crippen LogP contribution in [0.4, 0.5) is 0 Å². The number of carboxylic acid groups (broad SMARTS) is 1. The van der Waals surface area contributed by atoms with Crippen LogP contribution in [0.5, 0.6) is 11.5 Å². The van der Waals surface area contributed by atoms with E-state index in [1.54, 1.807) is 35.1 Å². The van der Waals surface area contributed by atoms with E-state index in [1.165, 1.54) is 20.3 Å². The van der Waals surface area contributed by atoms with Crippen molar-refractivity contribution in [3.63, 3.8) is 0 Å². The lowest BCUT2D eigenvalue weighted by Gasteiger charge is -2.09. The van der Waals surface area contributed by atoms with Gasteiger partial charge < -0.3 is 19.4 Å². The van der Waals surface area contributed by atoms with Gasteiger partial charge in [0.2, 0.25) is 0 Å². The first kappa shape index (κ1) is 18.7. The number of methoxy groups -OCH3 is 2. The van der Waals surface area contributed by atoms with Crippen LogP contribution in [0.25, 0.3) is 23.0 Å². The molecule has 0 N–H and O–H groups in total. The number of hydrogen-bond acceptors (Lipinski definition) is 6. The minimum atomic E-state index is -1.55. The average Bonchev–Trinajstić information content (AvgIpc) is 3.15. The SMILES string of the molecule is COc1ccc(-c2nn(-c3ccccc3)cc2/C=C(\C#N)C(=O)[O-])cc1OC. The van der Waals surface area contributed by atoms with Crippen LogP contribution in [0.1, 0.15) is 5.56 Å². The summed E-state index contributed by atoms with van der Waals surface area (Å²) in [7, 11) is 3.06. The molecule has 0 amide bonds. The molecule has 7 nitrogen and oxygen atoms in total. The minimum Gasteiger partial charge on any atom is -0.544 e. The van der Waals surface area contributed by atoms with Crippen LogP contribution in [0.15, 0.2) is 60.3 Å². The Morgan fingerprint density at radius 3 is 2.46 bits per heavy atom. The Balaban J connectivity index is 2.20. The van der Waals surface area contributed by atoms with E-state index in [-0.39, 0.29) is 0 Å². The second-order valence-electron chi connectivity index (χ2n) is 5.74. The van der Waals surface area contributed by atoms with Crippen LogP contribution in [0, 0.1) is 11.3 Å². The van der Waals surface area contributed by atoms with Crippen molar-refractivity contribution in [1.29, 1.82) is 5.26 Å². The highest BCUT2D eigenvalue weighted by molar-refractivity contribution is 5.96. The van der Waals surface area contributed by atoms with E-state index in [2.05, 4.69) is 5.10 Å². The van der Waals surface area contributed by atoms with Crippen molar-refractivity contribution < 1.29 is 19.4 Å². The molecule has 0 bridgehead atoms. The van der Waals surface area contributed by atoms with Crippen molar-refractivity contribution in [3.8, 4) is 34.5 Å². The predicted octanol–water partition coefficient (Wildman–Crippen LogP) is 2.21. The maximum atomic E-state index is 11.2. The number of rotatable bonds is 6. The quantitative estimate of drug-likeness (QED) is 0.484. The fraction of sp³-hybridized carbons (Fsp3) is 0.0952. The molecule has 0 spiro atoms. The van der Waals surface area contributed by atoms with E-state index in [0.717, 1.165) is 5.69 Å². The van der Waals surface area contributed by atoms with Crippen molar-refractivity contribution >= 4 is 12.0 Å². The van der Waals surface area contributed by atoms with Gasteiger partial charge in [-0.15, -0.1) is 0 Å². The van der Waals surface area contributed by atoms with Gasteiger partial charge in [-0.25, -0.2) is 4.68 Å². The second kappa shape index (κ2) is 8.10. The molecular weight excluding hydrogens is 358 g/mol. The Hall–Kier alpha value is -4.05. The van der Waals surface area contributed by atoms with Crippen LogP contribution in [0.2, 0.25) is 0 Å². The highest BCUT2D eigenvalue weighted by Crippen LogP contribution is 2.34. The van der Waals surface area contributed by atoms with Crippen molar-refractivity contribution in [2.24, 2.45) is 0 Å². The van der Waals surface area contributed by atoms with Gasteiger partial charge in [0.15, 0.2) is 11.5 Å². The molecule has 1 heterocycles. The van der Waals surface area contributed by atoms with E-state index in [4.69, 9.17) is 14.7 Å². The number of hydrogen-bond donors (Lipinski definition) is 0. The van der Waals surface area contributed by atoms with E-state index in [0.29, 0.717) is 28.3 Å². The summed E-state index contributed by atoms with van der Waals surface area (Å²) in [6, 6.07) is 16.2. The van der Waals surface area contributed by atoms with Crippen LogP contribution >= 0.6 is 0 Å². The van der Waals surface area contributed by atoms with E-state index < -0.39 is 11.5 Å². The number of aliphatic carboxylic acids is 1. The van der Waals surface area contributed by atoms with Gasteiger partial charge in [-0.3, -0.25) is 0 Å². The lowest BCUT2D eigenvalue weighted by Crippen LogP contribution is -2.23. The van der Waals surface area contributed by atoms with Gasteiger partial charge in [0.05, 0.1) is 31.4 Å². The molecule has 3 rings (SSSR count). The summed E-state index contributed by atoms with van der Waals surface area (Å²) in [4.78, 5) is 11.2. The third-order valence-electron chi connectivity index (χ3n) is 4.06. The molecule has 0 fully saturated rings. The number of benzene rings is 2. The topological polar surface area (TPSA) is 100 Å². The van der Waals surface area contributed by atoms with E-state index in [9.17, 15) is 9.90 Å². The average molecular weight is 374 g/mol. The Labute approximate surface area is 161 Å². The molecule has 0 aliphatic heterocycles. The van der Waals surface area contributed by atoms with Crippen LogP contribution < -0.4 is 14.6 Å². The molecule has 140 valence electrons. The first-order valence-corrected chi connectivity index (χ1v) is 8.28. The lowest BCUT2D eigenvalue weighted by atomic mass is 10.1. The number of nitrogens with zero attached hydrogens (tertiary/aromatic N) is 3. The molecule has 3 aromatic rings. The summed E-state index contributed by atoms with van der Waals surface area (Å²) < 4.78 is 12.2. The van der Waals surface area contributed by atoms with Crippen molar-refractivity contribution in [3.05, 3.63) is 65.9 Å². The van der Waals surface area contributed by atoms with Gasteiger partial charge in [-0.1, -0.05) is 18.2 Å². The number of carbonyl (C=O) groups is 1. The molecule has 2 aromatic carbocycles. The largest absolute Gasteiger partial charge is 0.544 e. The number of para-hydroxylation sites is 1. The molecule has 0 aliphatic rings. The van der Waals surface area contributed by atoms with Crippen LogP contribution in [-0.4, -0.2) is 30.0 Å². The maximum Gasteiger partial charge on any atom is 0.161 e. The number of carbonyl (C=O) groups excluding carboxylic acids is 1. The summed E-state index contributed by atoms with van der Waals surface area (Å²) in [6.07, 6.45) is 2.90. The monoisotopic (exact) mass is 374 g/mol. The molecule has 1 aromatic heterocycles. The summed E-state index contributed by atoms with van der Waals surface area (Å²) in [5, 5.41) is 24.8. The highest BCUT2D eigenvalue weighted by Gasteiger charge is 2.15. The lowest BCUT2D eigenvalue weighted by molar-refractivity contribution is -0.298. The van der Waals surface area contributed by atoms with E-state index in [1.807, 2.05) is 30.3 Å².